The van der Waals surface area contributed by atoms with Gasteiger partial charge in [-0.25, -0.2) is 9.97 Å². The Bertz CT molecular complexity index is 742. The summed E-state index contributed by atoms with van der Waals surface area (Å²) in [6.07, 6.45) is 1.71. The van der Waals surface area contributed by atoms with E-state index in [0.717, 1.165) is 10.8 Å². The number of aromatic nitrogens is 2. The quantitative estimate of drug-likeness (QED) is 0.747. The Morgan fingerprint density at radius 1 is 1.00 bits per heavy atom. The zero-order valence-electron chi connectivity index (χ0n) is 9.97. The van der Waals surface area contributed by atoms with E-state index in [0.29, 0.717) is 22.5 Å². The largest absolute Gasteiger partial charge is 0.384 e. The van der Waals surface area contributed by atoms with Crippen molar-refractivity contribution in [3.8, 4) is 0 Å². The fourth-order valence-corrected chi connectivity index (χ4v) is 2.15. The van der Waals surface area contributed by atoms with Crippen molar-refractivity contribution in [2.45, 2.75) is 0 Å². The second-order valence-electron chi connectivity index (χ2n) is 4.07. The van der Waals surface area contributed by atoms with Gasteiger partial charge in [-0.3, -0.25) is 0 Å². The number of anilines is 3. The zero-order valence-corrected chi connectivity index (χ0v) is 10.7. The molecule has 0 aliphatic carbocycles. The van der Waals surface area contributed by atoms with Crippen LogP contribution in [0.5, 0.6) is 0 Å². The fourth-order valence-electron chi connectivity index (χ4n) is 1.91. The number of pyridine rings is 2. The molecular formula is C14H11ClN4. The third kappa shape index (κ3) is 2.30. The number of hydrogen-bond acceptors (Lipinski definition) is 4. The monoisotopic (exact) mass is 270 g/mol. The molecule has 0 amide bonds. The summed E-state index contributed by atoms with van der Waals surface area (Å²) in [6, 6.07) is 13.0. The second-order valence-corrected chi connectivity index (χ2v) is 4.47. The van der Waals surface area contributed by atoms with Crippen LogP contribution in [0.4, 0.5) is 17.5 Å². The van der Waals surface area contributed by atoms with E-state index < -0.39 is 0 Å². The number of fused-ring (bicyclic) bond motifs is 1. The Morgan fingerprint density at radius 3 is 2.68 bits per heavy atom. The van der Waals surface area contributed by atoms with E-state index in [1.165, 1.54) is 0 Å². The topological polar surface area (TPSA) is 63.8 Å². The summed E-state index contributed by atoms with van der Waals surface area (Å²) >= 11 is 6.17. The number of rotatable bonds is 2. The van der Waals surface area contributed by atoms with Crippen molar-refractivity contribution in [1.82, 2.24) is 9.97 Å². The molecular weight excluding hydrogens is 260 g/mol. The molecule has 94 valence electrons. The summed E-state index contributed by atoms with van der Waals surface area (Å²) in [5.41, 5.74) is 5.66. The Morgan fingerprint density at radius 2 is 1.84 bits per heavy atom. The lowest BCUT2D eigenvalue weighted by atomic mass is 10.1. The maximum atomic E-state index is 6.17. The third-order valence-corrected chi connectivity index (χ3v) is 3.10. The zero-order chi connectivity index (χ0) is 13.2. The van der Waals surface area contributed by atoms with Crippen molar-refractivity contribution >= 4 is 39.8 Å². The number of nitrogens with zero attached hydrogens (tertiary/aromatic N) is 2. The van der Waals surface area contributed by atoms with Crippen molar-refractivity contribution in [3.05, 3.63) is 53.7 Å². The van der Waals surface area contributed by atoms with Gasteiger partial charge in [0.25, 0.3) is 0 Å². The van der Waals surface area contributed by atoms with Gasteiger partial charge in [-0.05, 0) is 24.3 Å². The van der Waals surface area contributed by atoms with Crippen LogP contribution in [-0.2, 0) is 0 Å². The number of benzene rings is 1. The van der Waals surface area contributed by atoms with Crippen LogP contribution in [0, 0.1) is 0 Å². The van der Waals surface area contributed by atoms with Gasteiger partial charge in [0.05, 0.1) is 0 Å². The molecule has 0 fully saturated rings. The Labute approximate surface area is 115 Å². The summed E-state index contributed by atoms with van der Waals surface area (Å²) in [5.74, 6) is 1.82. The lowest BCUT2D eigenvalue weighted by molar-refractivity contribution is 1.27. The van der Waals surface area contributed by atoms with Gasteiger partial charge >= 0.3 is 0 Å². The number of halogens is 1. The first-order valence-corrected chi connectivity index (χ1v) is 6.14. The van der Waals surface area contributed by atoms with Crippen LogP contribution in [0.1, 0.15) is 0 Å². The predicted octanol–water partition coefficient (Wildman–Crippen LogP) is 3.61. The van der Waals surface area contributed by atoms with Gasteiger partial charge in [-0.15, -0.1) is 0 Å². The Hall–Kier alpha value is -2.33. The summed E-state index contributed by atoms with van der Waals surface area (Å²) < 4.78 is 0. The molecule has 0 aliphatic rings. The van der Waals surface area contributed by atoms with Gasteiger partial charge in [0.1, 0.15) is 17.5 Å². The second kappa shape index (κ2) is 4.74. The van der Waals surface area contributed by atoms with Crippen LogP contribution >= 0.6 is 11.6 Å². The van der Waals surface area contributed by atoms with Gasteiger partial charge in [0.2, 0.25) is 0 Å². The molecule has 0 atom stereocenters. The van der Waals surface area contributed by atoms with Crippen LogP contribution in [0.25, 0.3) is 10.8 Å². The predicted molar refractivity (Wildman–Crippen MR) is 78.7 cm³/mol. The number of nitrogens with one attached hydrogen (secondary N) is 1. The van der Waals surface area contributed by atoms with E-state index in [9.17, 15) is 0 Å². The maximum Gasteiger partial charge on any atom is 0.139 e. The number of hydrogen-bond donors (Lipinski definition) is 2. The molecule has 4 nitrogen and oxygen atoms in total. The van der Waals surface area contributed by atoms with Crippen LogP contribution in [0.3, 0.4) is 0 Å². The molecule has 0 unspecified atom stereocenters. The molecule has 3 aromatic rings. The number of nitrogen functional groups attached to an aromatic ring is 1. The molecule has 5 heteroatoms. The molecule has 0 aliphatic heterocycles. The smallest absolute Gasteiger partial charge is 0.139 e. The average molecular weight is 271 g/mol. The van der Waals surface area contributed by atoms with Crippen molar-refractivity contribution in [2.75, 3.05) is 11.1 Å². The van der Waals surface area contributed by atoms with Gasteiger partial charge in [0.15, 0.2) is 0 Å². The van der Waals surface area contributed by atoms with E-state index >= 15 is 0 Å². The first-order valence-electron chi connectivity index (χ1n) is 5.77. The normalized spacial score (nSPS) is 10.6. The van der Waals surface area contributed by atoms with Gasteiger partial charge in [-0.1, -0.05) is 29.8 Å². The van der Waals surface area contributed by atoms with E-state index in [4.69, 9.17) is 17.3 Å². The Balaban J connectivity index is 2.08. The molecule has 0 saturated heterocycles. The highest BCUT2D eigenvalue weighted by Crippen LogP contribution is 2.28. The van der Waals surface area contributed by atoms with Crippen LogP contribution < -0.4 is 11.1 Å². The van der Waals surface area contributed by atoms with Gasteiger partial charge in [0, 0.05) is 22.0 Å². The molecule has 2 aromatic heterocycles. The van der Waals surface area contributed by atoms with Crippen LogP contribution in [-0.4, -0.2) is 9.97 Å². The first kappa shape index (κ1) is 11.7. The molecule has 3 N–H and O–H groups in total. The minimum absolute atomic E-state index is 0.461. The summed E-state index contributed by atoms with van der Waals surface area (Å²) in [5, 5.41) is 5.75. The van der Waals surface area contributed by atoms with Crippen molar-refractivity contribution in [2.24, 2.45) is 0 Å². The Kier molecular flexibility index (Phi) is 2.93. The molecule has 0 bridgehead atoms. The molecule has 2 heterocycles. The van der Waals surface area contributed by atoms with Crippen LogP contribution in [0.15, 0.2) is 48.7 Å². The third-order valence-electron chi connectivity index (χ3n) is 2.77. The minimum atomic E-state index is 0.461. The SMILES string of the molecule is Nc1cccc(Nc2nccc3c(Cl)cccc23)n1. The minimum Gasteiger partial charge on any atom is -0.384 e. The highest BCUT2D eigenvalue weighted by atomic mass is 35.5. The highest BCUT2D eigenvalue weighted by molar-refractivity contribution is 6.35. The van der Waals surface area contributed by atoms with Gasteiger partial charge < -0.3 is 11.1 Å². The van der Waals surface area contributed by atoms with Crippen molar-refractivity contribution in [1.29, 1.82) is 0 Å². The van der Waals surface area contributed by atoms with E-state index in [-0.39, 0.29) is 0 Å². The lowest BCUT2D eigenvalue weighted by Crippen LogP contribution is -1.99. The molecule has 0 radical (unpaired) electrons. The molecule has 0 spiro atoms. The molecule has 1 aromatic carbocycles. The molecule has 0 saturated carbocycles. The summed E-state index contributed by atoms with van der Waals surface area (Å²) in [7, 11) is 0. The van der Waals surface area contributed by atoms with E-state index in [1.807, 2.05) is 36.4 Å². The summed E-state index contributed by atoms with van der Waals surface area (Å²) in [6.45, 7) is 0. The average Bonchev–Trinajstić information content (AvgIpc) is 2.40. The van der Waals surface area contributed by atoms with Gasteiger partial charge in [-0.2, -0.15) is 0 Å². The maximum absolute atomic E-state index is 6.17. The number of nitrogens with two attached hydrogens (primary N) is 1. The van der Waals surface area contributed by atoms with E-state index in [1.54, 1.807) is 12.3 Å². The highest BCUT2D eigenvalue weighted by Gasteiger charge is 2.05. The molecule has 3 rings (SSSR count). The van der Waals surface area contributed by atoms with E-state index in [2.05, 4.69) is 15.3 Å². The van der Waals surface area contributed by atoms with Crippen molar-refractivity contribution in [3.63, 3.8) is 0 Å². The summed E-state index contributed by atoms with van der Waals surface area (Å²) in [4.78, 5) is 8.51. The van der Waals surface area contributed by atoms with Crippen molar-refractivity contribution < 1.29 is 0 Å². The lowest BCUT2D eigenvalue weighted by Gasteiger charge is -2.09. The first-order chi connectivity index (χ1) is 9.24. The van der Waals surface area contributed by atoms with Crippen LogP contribution in [0.2, 0.25) is 5.02 Å². The fraction of sp³-hybridized carbons (Fsp3) is 0. The standard InChI is InChI=1S/C14H11ClN4/c15-11-4-1-3-10-9(11)7-8-17-14(10)19-13-6-2-5-12(16)18-13/h1-8H,(H3,16,17,18,19). The molecule has 19 heavy (non-hydrogen) atoms.